The Kier molecular flexibility index (Phi) is 8.17. The normalized spacial score (nSPS) is 22.4. The minimum atomic E-state index is 0.0401. The number of benzene rings is 2. The number of ether oxygens (including phenoxy) is 1. The van der Waals surface area contributed by atoms with Crippen LogP contribution in [-0.4, -0.2) is 55.4 Å². The molecule has 0 saturated carbocycles. The first-order valence-corrected chi connectivity index (χ1v) is 13.4. The standard InChI is InChI=1S/C32H38N2O2/c1-24-9-11-26(12-10-24)32(30(8-5-21-35)25-6-3-2-4-7-25)28-14-13-27-22-29(36-31(27)23-28)15-18-34-19-16-33-17-20-34/h2-4,6-7,9-14,22-23,27,31,33,35H,5,8,15-21H2,1H3/b32-30-. The molecular formula is C32H38N2O2. The molecule has 2 N–H and O–H groups in total. The van der Waals surface area contributed by atoms with Gasteiger partial charge in [0.15, 0.2) is 0 Å². The van der Waals surface area contributed by atoms with E-state index in [2.05, 4.69) is 96.0 Å². The summed E-state index contributed by atoms with van der Waals surface area (Å²) in [6.07, 6.45) is 11.8. The maximum Gasteiger partial charge on any atom is 0.127 e. The zero-order valence-corrected chi connectivity index (χ0v) is 21.3. The van der Waals surface area contributed by atoms with Gasteiger partial charge in [-0.05, 0) is 59.8 Å². The summed E-state index contributed by atoms with van der Waals surface area (Å²) >= 11 is 0. The van der Waals surface area contributed by atoms with Crippen molar-refractivity contribution in [2.45, 2.75) is 32.3 Å². The molecule has 0 bridgehead atoms. The first-order valence-electron chi connectivity index (χ1n) is 13.4. The van der Waals surface area contributed by atoms with Crippen LogP contribution in [0, 0.1) is 12.8 Å². The minimum Gasteiger partial charge on any atom is -0.490 e. The van der Waals surface area contributed by atoms with Gasteiger partial charge in [0.1, 0.15) is 6.10 Å². The van der Waals surface area contributed by atoms with Crippen molar-refractivity contribution >= 4 is 11.1 Å². The van der Waals surface area contributed by atoms with Crippen LogP contribution in [0.1, 0.15) is 36.0 Å². The number of nitrogens with one attached hydrogen (secondary N) is 1. The van der Waals surface area contributed by atoms with Crippen molar-refractivity contribution in [2.24, 2.45) is 5.92 Å². The number of fused-ring (bicyclic) bond motifs is 1. The highest BCUT2D eigenvalue weighted by atomic mass is 16.5. The Morgan fingerprint density at radius 2 is 1.78 bits per heavy atom. The lowest BCUT2D eigenvalue weighted by Gasteiger charge is -2.27. The van der Waals surface area contributed by atoms with E-state index in [0.29, 0.717) is 5.92 Å². The van der Waals surface area contributed by atoms with Gasteiger partial charge in [-0.15, -0.1) is 0 Å². The number of aryl methyl sites for hydroxylation is 1. The van der Waals surface area contributed by atoms with Crippen molar-refractivity contribution < 1.29 is 9.84 Å². The Morgan fingerprint density at radius 3 is 2.53 bits per heavy atom. The van der Waals surface area contributed by atoms with Crippen molar-refractivity contribution in [2.75, 3.05) is 39.3 Å². The van der Waals surface area contributed by atoms with Gasteiger partial charge in [-0.25, -0.2) is 0 Å². The first kappa shape index (κ1) is 24.8. The molecule has 0 radical (unpaired) electrons. The number of nitrogens with zero attached hydrogens (tertiary/aromatic N) is 1. The van der Waals surface area contributed by atoms with E-state index in [0.717, 1.165) is 57.7 Å². The molecule has 2 atom stereocenters. The second-order valence-electron chi connectivity index (χ2n) is 10.0. The van der Waals surface area contributed by atoms with Crippen LogP contribution in [0.2, 0.25) is 0 Å². The summed E-state index contributed by atoms with van der Waals surface area (Å²) in [5.41, 5.74) is 7.38. The predicted octanol–water partition coefficient (Wildman–Crippen LogP) is 5.37. The first-order chi connectivity index (χ1) is 17.7. The van der Waals surface area contributed by atoms with E-state index in [4.69, 9.17) is 4.74 Å². The Hall–Kier alpha value is -2.92. The fourth-order valence-corrected chi connectivity index (χ4v) is 5.42. The third-order valence-corrected chi connectivity index (χ3v) is 7.41. The van der Waals surface area contributed by atoms with Gasteiger partial charge in [-0.2, -0.15) is 0 Å². The minimum absolute atomic E-state index is 0.0401. The summed E-state index contributed by atoms with van der Waals surface area (Å²) in [7, 11) is 0. The predicted molar refractivity (Wildman–Crippen MR) is 148 cm³/mol. The van der Waals surface area contributed by atoms with E-state index in [1.807, 2.05) is 0 Å². The van der Waals surface area contributed by atoms with Gasteiger partial charge in [0.05, 0.1) is 5.76 Å². The average Bonchev–Trinajstić information content (AvgIpc) is 3.34. The second kappa shape index (κ2) is 11.9. The number of piperazine rings is 1. The van der Waals surface area contributed by atoms with Gasteiger partial charge in [0, 0.05) is 51.7 Å². The highest BCUT2D eigenvalue weighted by molar-refractivity contribution is 6.00. The van der Waals surface area contributed by atoms with Crippen LogP contribution in [0.15, 0.2) is 90.2 Å². The van der Waals surface area contributed by atoms with E-state index in [9.17, 15) is 5.11 Å². The highest BCUT2D eigenvalue weighted by Gasteiger charge is 2.30. The molecule has 1 saturated heterocycles. The molecule has 36 heavy (non-hydrogen) atoms. The highest BCUT2D eigenvalue weighted by Crippen LogP contribution is 2.40. The van der Waals surface area contributed by atoms with E-state index in [1.54, 1.807) is 0 Å². The molecule has 3 aliphatic rings. The Bertz CT molecular complexity index is 1140. The molecule has 0 amide bonds. The van der Waals surface area contributed by atoms with E-state index in [1.165, 1.54) is 33.4 Å². The topological polar surface area (TPSA) is 44.7 Å². The molecule has 2 heterocycles. The summed E-state index contributed by atoms with van der Waals surface area (Å²) in [5, 5.41) is 13.1. The number of allylic oxidation sites excluding steroid dienone is 4. The number of aliphatic hydroxyl groups is 1. The Labute approximate surface area is 215 Å². The third-order valence-electron chi connectivity index (χ3n) is 7.41. The van der Waals surface area contributed by atoms with Crippen LogP contribution in [0.25, 0.3) is 11.1 Å². The Morgan fingerprint density at radius 1 is 1.00 bits per heavy atom. The lowest BCUT2D eigenvalue weighted by Crippen LogP contribution is -2.43. The van der Waals surface area contributed by atoms with Crippen LogP contribution in [0.4, 0.5) is 0 Å². The van der Waals surface area contributed by atoms with Crippen molar-refractivity contribution in [3.05, 3.63) is 107 Å². The van der Waals surface area contributed by atoms with Crippen molar-refractivity contribution in [3.63, 3.8) is 0 Å². The molecule has 1 fully saturated rings. The third kappa shape index (κ3) is 5.89. The van der Waals surface area contributed by atoms with E-state index < -0.39 is 0 Å². The molecule has 1 aliphatic carbocycles. The van der Waals surface area contributed by atoms with Gasteiger partial charge in [-0.1, -0.05) is 72.3 Å². The molecule has 0 spiro atoms. The van der Waals surface area contributed by atoms with Gasteiger partial charge in [0.2, 0.25) is 0 Å². The second-order valence-corrected chi connectivity index (χ2v) is 10.0. The lowest BCUT2D eigenvalue weighted by atomic mass is 9.83. The Balaban J connectivity index is 1.44. The molecule has 4 heteroatoms. The largest absolute Gasteiger partial charge is 0.490 e. The van der Waals surface area contributed by atoms with Crippen molar-refractivity contribution in [1.29, 1.82) is 0 Å². The van der Waals surface area contributed by atoms with Crippen LogP contribution < -0.4 is 5.32 Å². The van der Waals surface area contributed by atoms with Gasteiger partial charge in [-0.3, -0.25) is 0 Å². The molecular weight excluding hydrogens is 444 g/mol. The molecule has 5 rings (SSSR count). The average molecular weight is 483 g/mol. The number of rotatable bonds is 9. The fraction of sp³-hybridized carbons (Fsp3) is 0.375. The molecule has 0 aromatic heterocycles. The summed E-state index contributed by atoms with van der Waals surface area (Å²) in [6.45, 7) is 7.75. The molecule has 188 valence electrons. The van der Waals surface area contributed by atoms with Gasteiger partial charge < -0.3 is 20.1 Å². The number of hydrogen-bond acceptors (Lipinski definition) is 4. The number of hydrogen-bond donors (Lipinski definition) is 2. The van der Waals surface area contributed by atoms with E-state index >= 15 is 0 Å². The maximum absolute atomic E-state index is 9.67. The van der Waals surface area contributed by atoms with Gasteiger partial charge >= 0.3 is 0 Å². The SMILES string of the molecule is Cc1ccc(/C(C2=CC3OC(CCN4CCNCC4)=CC3C=C2)=C(\CCCO)c2ccccc2)cc1. The summed E-state index contributed by atoms with van der Waals surface area (Å²) in [6, 6.07) is 19.4. The molecule has 2 unspecified atom stereocenters. The zero-order chi connectivity index (χ0) is 24.7. The summed E-state index contributed by atoms with van der Waals surface area (Å²) in [5.74, 6) is 1.42. The van der Waals surface area contributed by atoms with Crippen molar-refractivity contribution in [1.82, 2.24) is 10.2 Å². The van der Waals surface area contributed by atoms with Crippen LogP contribution in [-0.2, 0) is 4.74 Å². The fourth-order valence-electron chi connectivity index (χ4n) is 5.42. The van der Waals surface area contributed by atoms with E-state index in [-0.39, 0.29) is 12.7 Å². The quantitative estimate of drug-likeness (QED) is 0.472. The smallest absolute Gasteiger partial charge is 0.127 e. The van der Waals surface area contributed by atoms with Crippen molar-refractivity contribution in [3.8, 4) is 0 Å². The summed E-state index contributed by atoms with van der Waals surface area (Å²) in [4.78, 5) is 2.52. The number of aliphatic hydroxyl groups excluding tert-OH is 1. The van der Waals surface area contributed by atoms with Crippen LogP contribution in [0.3, 0.4) is 0 Å². The zero-order valence-electron chi connectivity index (χ0n) is 21.3. The molecule has 2 aliphatic heterocycles. The molecule has 2 aromatic rings. The van der Waals surface area contributed by atoms with Crippen LogP contribution in [0.5, 0.6) is 0 Å². The molecule has 2 aromatic carbocycles. The monoisotopic (exact) mass is 482 g/mol. The lowest BCUT2D eigenvalue weighted by molar-refractivity contribution is 0.147. The molecule has 4 nitrogen and oxygen atoms in total. The summed E-state index contributed by atoms with van der Waals surface area (Å²) < 4.78 is 6.49. The van der Waals surface area contributed by atoms with Gasteiger partial charge in [0.25, 0.3) is 0 Å². The maximum atomic E-state index is 9.67. The van der Waals surface area contributed by atoms with Crippen LogP contribution >= 0.6 is 0 Å².